The predicted octanol–water partition coefficient (Wildman–Crippen LogP) is 5.67. The molecule has 44 heavy (non-hydrogen) atoms. The van der Waals surface area contributed by atoms with E-state index < -0.39 is 6.29 Å². The summed E-state index contributed by atoms with van der Waals surface area (Å²) in [7, 11) is 0. The van der Waals surface area contributed by atoms with Gasteiger partial charge in [-0.1, -0.05) is 104 Å². The maximum atomic E-state index is 12.5. The van der Waals surface area contributed by atoms with E-state index in [1.807, 2.05) is 97.1 Å². The maximum absolute atomic E-state index is 12.5. The van der Waals surface area contributed by atoms with E-state index in [4.69, 9.17) is 9.47 Å². The number of carbonyl (C=O) groups excluding carboxylic acids is 1. The summed E-state index contributed by atoms with van der Waals surface area (Å²) < 4.78 is 14.9. The van der Waals surface area contributed by atoms with Crippen molar-refractivity contribution < 1.29 is 19.4 Å². The van der Waals surface area contributed by atoms with Crippen molar-refractivity contribution in [3.8, 4) is 5.69 Å². The second-order valence-electron chi connectivity index (χ2n) is 10.6. The standard InChI is InChI=1S/C34H33N5O4S/c1-23-30(22-44-34-36-37-38-39(34)29-10-6-3-7-11-29)42-33(43-31(23)26-16-14-25(21-40)15-17-26)28-18-12-24(13-19-28)20-35-32(41)27-8-4-2-5-9-27/h2-19,23,30-31,33,40H,20-22H2,1H3,(H,35,41)/t23-,30+,31+,33+/m1/s1. The third-order valence-corrected chi connectivity index (χ3v) is 8.69. The van der Waals surface area contributed by atoms with Crippen molar-refractivity contribution in [2.24, 2.45) is 5.92 Å². The van der Waals surface area contributed by atoms with Crippen LogP contribution in [0.2, 0.25) is 0 Å². The number of benzene rings is 4. The highest BCUT2D eigenvalue weighted by Crippen LogP contribution is 2.43. The van der Waals surface area contributed by atoms with Crippen molar-refractivity contribution in [3.05, 3.63) is 137 Å². The first-order chi connectivity index (χ1) is 21.6. The van der Waals surface area contributed by atoms with E-state index in [-0.39, 0.29) is 30.6 Å². The molecule has 224 valence electrons. The lowest BCUT2D eigenvalue weighted by atomic mass is 9.91. The summed E-state index contributed by atoms with van der Waals surface area (Å²) in [5.41, 5.74) is 5.24. The van der Waals surface area contributed by atoms with Gasteiger partial charge in [-0.05, 0) is 51.4 Å². The lowest BCUT2D eigenvalue weighted by Gasteiger charge is -2.41. The van der Waals surface area contributed by atoms with Crippen LogP contribution >= 0.6 is 11.8 Å². The highest BCUT2D eigenvalue weighted by atomic mass is 32.2. The van der Waals surface area contributed by atoms with Crippen LogP contribution in [0.1, 0.15) is 51.9 Å². The number of rotatable bonds is 10. The van der Waals surface area contributed by atoms with Gasteiger partial charge in [0.25, 0.3) is 5.91 Å². The lowest BCUT2D eigenvalue weighted by molar-refractivity contribution is -0.268. The van der Waals surface area contributed by atoms with Gasteiger partial charge in [-0.2, -0.15) is 4.68 Å². The van der Waals surface area contributed by atoms with Gasteiger partial charge in [0.15, 0.2) is 6.29 Å². The van der Waals surface area contributed by atoms with Crippen molar-refractivity contribution in [1.82, 2.24) is 25.5 Å². The predicted molar refractivity (Wildman–Crippen MR) is 167 cm³/mol. The van der Waals surface area contributed by atoms with E-state index in [0.29, 0.717) is 23.0 Å². The molecule has 5 aromatic rings. The van der Waals surface area contributed by atoms with Gasteiger partial charge in [0.2, 0.25) is 5.16 Å². The summed E-state index contributed by atoms with van der Waals surface area (Å²) in [6.07, 6.45) is -1.01. The Morgan fingerprint density at radius 1 is 0.864 bits per heavy atom. The molecule has 0 unspecified atom stereocenters. The van der Waals surface area contributed by atoms with E-state index >= 15 is 0 Å². The summed E-state index contributed by atoms with van der Waals surface area (Å²) >= 11 is 1.54. The monoisotopic (exact) mass is 607 g/mol. The zero-order chi connectivity index (χ0) is 30.3. The number of hydrogen-bond acceptors (Lipinski definition) is 8. The van der Waals surface area contributed by atoms with Crippen molar-refractivity contribution in [3.63, 3.8) is 0 Å². The molecule has 10 heteroatoms. The molecule has 0 radical (unpaired) electrons. The zero-order valence-electron chi connectivity index (χ0n) is 24.2. The summed E-state index contributed by atoms with van der Waals surface area (Å²) in [6, 6.07) is 34.7. The number of aliphatic hydroxyl groups excluding tert-OH is 1. The second-order valence-corrected chi connectivity index (χ2v) is 11.6. The molecule has 0 spiro atoms. The molecule has 1 aliphatic heterocycles. The number of carbonyl (C=O) groups is 1. The molecule has 1 aliphatic rings. The molecule has 0 aliphatic carbocycles. The highest BCUT2D eigenvalue weighted by molar-refractivity contribution is 7.99. The first-order valence-electron chi connectivity index (χ1n) is 14.5. The fourth-order valence-electron chi connectivity index (χ4n) is 5.13. The van der Waals surface area contributed by atoms with Crippen LogP contribution in [-0.4, -0.2) is 43.1 Å². The molecule has 0 bridgehead atoms. The van der Waals surface area contributed by atoms with Gasteiger partial charge in [-0.15, -0.1) is 5.10 Å². The Labute approximate surface area is 260 Å². The van der Waals surface area contributed by atoms with Crippen molar-refractivity contribution >= 4 is 17.7 Å². The minimum Gasteiger partial charge on any atom is -0.392 e. The van der Waals surface area contributed by atoms with Crippen LogP contribution < -0.4 is 5.32 Å². The molecule has 1 fully saturated rings. The average Bonchev–Trinajstić information content (AvgIpc) is 3.56. The van der Waals surface area contributed by atoms with Gasteiger partial charge in [-0.25, -0.2) is 0 Å². The fraction of sp³-hybridized carbons (Fsp3) is 0.235. The Hall–Kier alpha value is -4.35. The van der Waals surface area contributed by atoms with Crippen molar-refractivity contribution in [1.29, 1.82) is 0 Å². The number of ether oxygens (including phenoxy) is 2. The number of hydrogen-bond donors (Lipinski definition) is 2. The van der Waals surface area contributed by atoms with Gasteiger partial charge in [0.05, 0.1) is 24.5 Å². The molecule has 9 nitrogen and oxygen atoms in total. The quantitative estimate of drug-likeness (QED) is 0.196. The lowest BCUT2D eigenvalue weighted by Crippen LogP contribution is -2.38. The van der Waals surface area contributed by atoms with Gasteiger partial charge in [-0.3, -0.25) is 4.79 Å². The highest BCUT2D eigenvalue weighted by Gasteiger charge is 2.38. The molecular weight excluding hydrogens is 574 g/mol. The molecule has 4 aromatic carbocycles. The molecule has 4 atom stereocenters. The Bertz CT molecular complexity index is 1650. The fourth-order valence-corrected chi connectivity index (χ4v) is 6.19. The van der Waals surface area contributed by atoms with Gasteiger partial charge in [0, 0.05) is 29.3 Å². The molecule has 6 rings (SSSR count). The Balaban J connectivity index is 1.18. The first kappa shape index (κ1) is 29.7. The minimum absolute atomic E-state index is 0.0133. The van der Waals surface area contributed by atoms with E-state index in [2.05, 4.69) is 27.8 Å². The number of nitrogens with one attached hydrogen (secondary N) is 1. The molecule has 1 aromatic heterocycles. The van der Waals surface area contributed by atoms with E-state index in [0.717, 1.165) is 27.9 Å². The number of para-hydroxylation sites is 1. The van der Waals surface area contributed by atoms with Crippen LogP contribution in [0.3, 0.4) is 0 Å². The van der Waals surface area contributed by atoms with Crippen LogP contribution in [0, 0.1) is 5.92 Å². The van der Waals surface area contributed by atoms with Crippen molar-refractivity contribution in [2.45, 2.75) is 43.7 Å². The first-order valence-corrected chi connectivity index (χ1v) is 15.5. The smallest absolute Gasteiger partial charge is 0.251 e. The molecule has 2 N–H and O–H groups in total. The van der Waals surface area contributed by atoms with Gasteiger partial charge < -0.3 is 19.9 Å². The van der Waals surface area contributed by atoms with E-state index in [1.54, 1.807) is 28.6 Å². The second kappa shape index (κ2) is 14.0. The average molecular weight is 608 g/mol. The Morgan fingerprint density at radius 3 is 2.23 bits per heavy atom. The van der Waals surface area contributed by atoms with Crippen LogP contribution in [0.15, 0.2) is 114 Å². The van der Waals surface area contributed by atoms with Crippen LogP contribution in [0.5, 0.6) is 0 Å². The number of aromatic nitrogens is 4. The molecule has 1 saturated heterocycles. The van der Waals surface area contributed by atoms with Gasteiger partial charge >= 0.3 is 0 Å². The topological polar surface area (TPSA) is 111 Å². The normalized spacial score (nSPS) is 19.9. The Morgan fingerprint density at radius 2 is 1.52 bits per heavy atom. The molecule has 0 saturated carbocycles. The number of thioether (sulfide) groups is 1. The van der Waals surface area contributed by atoms with E-state index in [9.17, 15) is 9.90 Å². The minimum atomic E-state index is -0.600. The number of aliphatic hydroxyl groups is 1. The molecular formula is C34H33N5O4S. The number of nitrogens with zero attached hydrogens (tertiary/aromatic N) is 4. The number of amides is 1. The van der Waals surface area contributed by atoms with Gasteiger partial charge in [0.1, 0.15) is 0 Å². The SMILES string of the molecule is C[C@@H]1[C@H](CSc2nnnn2-c2ccccc2)O[C@H](c2ccc(CNC(=O)c3ccccc3)cc2)O[C@@H]1c1ccc(CO)cc1. The third-order valence-electron chi connectivity index (χ3n) is 7.68. The summed E-state index contributed by atoms with van der Waals surface area (Å²) in [4.78, 5) is 12.5. The van der Waals surface area contributed by atoms with Crippen molar-refractivity contribution in [2.75, 3.05) is 5.75 Å². The maximum Gasteiger partial charge on any atom is 0.251 e. The summed E-state index contributed by atoms with van der Waals surface area (Å²) in [5, 5.41) is 25.5. The molecule has 1 amide bonds. The van der Waals surface area contributed by atoms with E-state index in [1.165, 1.54) is 0 Å². The zero-order valence-corrected chi connectivity index (χ0v) is 25.0. The summed E-state index contributed by atoms with van der Waals surface area (Å²) in [6.45, 7) is 2.53. The van der Waals surface area contributed by atoms with Crippen LogP contribution in [-0.2, 0) is 22.6 Å². The third kappa shape index (κ3) is 6.89. The van der Waals surface area contributed by atoms with Crippen LogP contribution in [0.25, 0.3) is 5.69 Å². The summed E-state index contributed by atoms with van der Waals surface area (Å²) in [5.74, 6) is 0.520. The largest absolute Gasteiger partial charge is 0.392 e. The number of tetrazole rings is 1. The van der Waals surface area contributed by atoms with Crippen LogP contribution in [0.4, 0.5) is 0 Å². The Kier molecular flexibility index (Phi) is 9.43. The molecule has 2 heterocycles.